The van der Waals surface area contributed by atoms with Crippen LogP contribution in [0.25, 0.3) is 0 Å². The highest BCUT2D eigenvalue weighted by Crippen LogP contribution is 2.20. The molecule has 0 atom stereocenters. The fourth-order valence-electron chi connectivity index (χ4n) is 1.82. The number of aromatic nitrogens is 1. The zero-order chi connectivity index (χ0) is 13.2. The molecule has 0 bridgehead atoms. The minimum absolute atomic E-state index is 0.138. The quantitative estimate of drug-likeness (QED) is 0.810. The van der Waals surface area contributed by atoms with E-state index in [4.69, 9.17) is 0 Å². The van der Waals surface area contributed by atoms with Gasteiger partial charge in [-0.1, -0.05) is 6.07 Å². The van der Waals surface area contributed by atoms with Crippen molar-refractivity contribution >= 4 is 15.8 Å². The van der Waals surface area contributed by atoms with Crippen LogP contribution in [0, 0.1) is 11.9 Å². The molecule has 1 aromatic heterocycles. The van der Waals surface area contributed by atoms with Crippen LogP contribution in [0.15, 0.2) is 18.2 Å². The highest BCUT2D eigenvalue weighted by Gasteiger charge is 2.34. The molecule has 1 fully saturated rings. The summed E-state index contributed by atoms with van der Waals surface area (Å²) in [4.78, 5) is 3.68. The molecule has 1 saturated heterocycles. The fraction of sp³-hybridized carbons (Fsp3) is 0.545. The summed E-state index contributed by atoms with van der Waals surface area (Å²) in [5.41, 5.74) is 0. The lowest BCUT2D eigenvalue weighted by Gasteiger charge is -2.37. The zero-order valence-corrected chi connectivity index (χ0v) is 11.0. The third kappa shape index (κ3) is 2.97. The van der Waals surface area contributed by atoms with Crippen LogP contribution < -0.4 is 5.32 Å². The Balaban J connectivity index is 1.78. The van der Waals surface area contributed by atoms with E-state index in [9.17, 15) is 12.8 Å². The van der Waals surface area contributed by atoms with E-state index in [-0.39, 0.29) is 11.7 Å². The van der Waals surface area contributed by atoms with E-state index < -0.39 is 16.0 Å². The van der Waals surface area contributed by atoms with Gasteiger partial charge in [0.15, 0.2) is 0 Å². The molecule has 5 nitrogen and oxygen atoms in total. The minimum Gasteiger partial charge on any atom is -0.370 e. The topological polar surface area (TPSA) is 62.3 Å². The summed E-state index contributed by atoms with van der Waals surface area (Å²) in [7, 11) is -3.05. The van der Waals surface area contributed by atoms with Gasteiger partial charge in [0.2, 0.25) is 16.0 Å². The molecular formula is C11H16FN3O2S. The van der Waals surface area contributed by atoms with E-state index in [0.29, 0.717) is 25.5 Å². The summed E-state index contributed by atoms with van der Waals surface area (Å²) in [5.74, 6) is 0.352. The molecule has 7 heteroatoms. The number of sulfonamides is 1. The monoisotopic (exact) mass is 273 g/mol. The maximum atomic E-state index is 12.8. The fourth-order valence-corrected chi connectivity index (χ4v) is 3.06. The number of pyridine rings is 1. The van der Waals surface area contributed by atoms with Gasteiger partial charge in [0, 0.05) is 25.6 Å². The lowest BCUT2D eigenvalue weighted by molar-refractivity contribution is 0.212. The number of hydrogen-bond donors (Lipinski definition) is 1. The van der Waals surface area contributed by atoms with Gasteiger partial charge < -0.3 is 5.32 Å². The third-order valence-corrected chi connectivity index (χ3v) is 4.78. The average molecular weight is 273 g/mol. The third-order valence-electron chi connectivity index (χ3n) is 2.97. The highest BCUT2D eigenvalue weighted by atomic mass is 32.2. The summed E-state index contributed by atoms with van der Waals surface area (Å²) >= 11 is 0. The molecule has 0 aromatic carbocycles. The van der Waals surface area contributed by atoms with Crippen LogP contribution in [-0.2, 0) is 10.0 Å². The minimum atomic E-state index is -3.05. The summed E-state index contributed by atoms with van der Waals surface area (Å²) in [6, 6.07) is 4.55. The van der Waals surface area contributed by atoms with E-state index in [2.05, 4.69) is 10.3 Å². The van der Waals surface area contributed by atoms with Crippen LogP contribution in [0.3, 0.4) is 0 Å². The number of halogens is 1. The molecule has 1 aromatic rings. The smallest absolute Gasteiger partial charge is 0.214 e. The predicted octanol–water partition coefficient (Wildman–Crippen LogP) is 0.914. The van der Waals surface area contributed by atoms with Crippen molar-refractivity contribution in [1.82, 2.24) is 9.29 Å². The van der Waals surface area contributed by atoms with Crippen molar-refractivity contribution in [2.24, 2.45) is 5.92 Å². The summed E-state index contributed by atoms with van der Waals surface area (Å²) in [6.07, 6.45) is 0. The normalized spacial score (nSPS) is 17.4. The van der Waals surface area contributed by atoms with Crippen molar-refractivity contribution in [1.29, 1.82) is 0 Å². The van der Waals surface area contributed by atoms with Gasteiger partial charge in [0.25, 0.3) is 0 Å². The molecule has 0 radical (unpaired) electrons. The first-order chi connectivity index (χ1) is 8.51. The molecule has 100 valence electrons. The van der Waals surface area contributed by atoms with Gasteiger partial charge in [0.05, 0.1) is 5.75 Å². The van der Waals surface area contributed by atoms with Gasteiger partial charge in [-0.05, 0) is 19.1 Å². The maximum absolute atomic E-state index is 12.8. The predicted molar refractivity (Wildman–Crippen MR) is 67.2 cm³/mol. The number of nitrogens with zero attached hydrogens (tertiary/aromatic N) is 2. The molecule has 0 aliphatic carbocycles. The second kappa shape index (κ2) is 5.19. The molecular weight excluding hydrogens is 257 g/mol. The van der Waals surface area contributed by atoms with Crippen molar-refractivity contribution in [3.63, 3.8) is 0 Å². The Morgan fingerprint density at radius 3 is 2.83 bits per heavy atom. The van der Waals surface area contributed by atoms with E-state index in [1.54, 1.807) is 19.1 Å². The molecule has 2 rings (SSSR count). The average Bonchev–Trinajstić information content (AvgIpc) is 2.27. The van der Waals surface area contributed by atoms with E-state index in [0.717, 1.165) is 0 Å². The molecule has 18 heavy (non-hydrogen) atoms. The van der Waals surface area contributed by atoms with Gasteiger partial charge in [-0.3, -0.25) is 0 Å². The first kappa shape index (κ1) is 13.2. The Morgan fingerprint density at radius 2 is 2.22 bits per heavy atom. The van der Waals surface area contributed by atoms with Crippen molar-refractivity contribution < 1.29 is 12.8 Å². The SMILES string of the molecule is CCS(=O)(=O)N1CC(CNc2cccc(F)n2)C1. The van der Waals surface area contributed by atoms with Crippen LogP contribution in [-0.4, -0.2) is 43.1 Å². The van der Waals surface area contributed by atoms with Crippen LogP contribution in [0.1, 0.15) is 6.92 Å². The summed E-state index contributed by atoms with van der Waals surface area (Å²) < 4.78 is 37.3. The Labute approximate surface area is 106 Å². The number of anilines is 1. The van der Waals surface area contributed by atoms with Gasteiger partial charge >= 0.3 is 0 Å². The highest BCUT2D eigenvalue weighted by molar-refractivity contribution is 7.89. The Hall–Kier alpha value is -1.21. The van der Waals surface area contributed by atoms with E-state index in [1.165, 1.54) is 10.4 Å². The maximum Gasteiger partial charge on any atom is 0.214 e. The second-order valence-corrected chi connectivity index (χ2v) is 6.57. The van der Waals surface area contributed by atoms with Gasteiger partial charge in [-0.25, -0.2) is 17.7 Å². The van der Waals surface area contributed by atoms with Crippen molar-refractivity contribution in [3.8, 4) is 0 Å². The molecule has 0 unspecified atom stereocenters. The number of rotatable bonds is 5. The summed E-state index contributed by atoms with van der Waals surface area (Å²) in [6.45, 7) is 3.29. The van der Waals surface area contributed by atoms with Crippen molar-refractivity contribution in [2.75, 3.05) is 30.7 Å². The van der Waals surface area contributed by atoms with Crippen LogP contribution in [0.4, 0.5) is 10.2 Å². The molecule has 0 saturated carbocycles. The second-order valence-electron chi connectivity index (χ2n) is 4.31. The van der Waals surface area contributed by atoms with E-state index in [1.807, 2.05) is 0 Å². The molecule has 0 spiro atoms. The first-order valence-electron chi connectivity index (χ1n) is 5.85. The summed E-state index contributed by atoms with van der Waals surface area (Å²) in [5, 5.41) is 3.00. The lowest BCUT2D eigenvalue weighted by atomic mass is 10.0. The van der Waals surface area contributed by atoms with Crippen molar-refractivity contribution in [3.05, 3.63) is 24.1 Å². The lowest BCUT2D eigenvalue weighted by Crippen LogP contribution is -2.52. The molecule has 1 aliphatic heterocycles. The molecule has 2 heterocycles. The number of hydrogen-bond acceptors (Lipinski definition) is 4. The van der Waals surface area contributed by atoms with Crippen LogP contribution >= 0.6 is 0 Å². The molecule has 0 amide bonds. The number of nitrogens with one attached hydrogen (secondary N) is 1. The first-order valence-corrected chi connectivity index (χ1v) is 7.46. The molecule has 1 aliphatic rings. The zero-order valence-electron chi connectivity index (χ0n) is 10.1. The largest absolute Gasteiger partial charge is 0.370 e. The Kier molecular flexibility index (Phi) is 3.82. The molecule has 1 N–H and O–H groups in total. The van der Waals surface area contributed by atoms with Gasteiger partial charge in [-0.2, -0.15) is 4.39 Å². The van der Waals surface area contributed by atoms with Crippen molar-refractivity contribution in [2.45, 2.75) is 6.92 Å². The Bertz CT molecular complexity index is 515. The Morgan fingerprint density at radius 1 is 1.50 bits per heavy atom. The van der Waals surface area contributed by atoms with Gasteiger partial charge in [0.1, 0.15) is 5.82 Å². The standard InChI is InChI=1S/C11H16FN3O2S/c1-2-18(16,17)15-7-9(8-15)6-13-11-5-3-4-10(12)14-11/h3-5,9H,2,6-8H2,1H3,(H,13,14). The van der Waals surface area contributed by atoms with Crippen LogP contribution in [0.2, 0.25) is 0 Å². The van der Waals surface area contributed by atoms with Gasteiger partial charge in [-0.15, -0.1) is 0 Å². The van der Waals surface area contributed by atoms with E-state index >= 15 is 0 Å². The van der Waals surface area contributed by atoms with Crippen LogP contribution in [0.5, 0.6) is 0 Å².